The number of benzene rings is 1. The van der Waals surface area contributed by atoms with Crippen LogP contribution in [0.3, 0.4) is 0 Å². The summed E-state index contributed by atoms with van der Waals surface area (Å²) in [5, 5.41) is 3.61. The van der Waals surface area contributed by atoms with Crippen molar-refractivity contribution in [3.8, 4) is 0 Å². The number of hydrogen-bond acceptors (Lipinski definition) is 2. The van der Waals surface area contributed by atoms with Crippen molar-refractivity contribution in [1.82, 2.24) is 5.32 Å². The summed E-state index contributed by atoms with van der Waals surface area (Å²) < 4.78 is 5.63. The molecule has 2 fully saturated rings. The minimum atomic E-state index is 0.365. The van der Waals surface area contributed by atoms with Crippen molar-refractivity contribution in [1.29, 1.82) is 0 Å². The topological polar surface area (TPSA) is 21.3 Å². The molecule has 1 saturated carbocycles. The van der Waals surface area contributed by atoms with E-state index in [0.29, 0.717) is 12.1 Å². The van der Waals surface area contributed by atoms with E-state index < -0.39 is 0 Å². The van der Waals surface area contributed by atoms with Crippen molar-refractivity contribution in [3.63, 3.8) is 0 Å². The van der Waals surface area contributed by atoms with Gasteiger partial charge in [0.05, 0.1) is 19.3 Å². The predicted octanol–water partition coefficient (Wildman–Crippen LogP) is 3.78. The Bertz CT molecular complexity index is 394. The summed E-state index contributed by atoms with van der Waals surface area (Å²) in [6.07, 6.45) is 6.99. The molecule has 1 aromatic rings. The molecule has 2 aliphatic rings. The number of nitrogens with one attached hydrogen (secondary N) is 1. The van der Waals surface area contributed by atoms with Crippen LogP contribution in [0.15, 0.2) is 24.3 Å². The SMILES string of the molecule is CC1COCC(c2ccc(C3CCCCC3)cc2)N1. The van der Waals surface area contributed by atoms with Crippen LogP contribution in [-0.4, -0.2) is 19.3 Å². The van der Waals surface area contributed by atoms with Gasteiger partial charge < -0.3 is 10.1 Å². The van der Waals surface area contributed by atoms with Gasteiger partial charge in [-0.3, -0.25) is 0 Å². The van der Waals surface area contributed by atoms with E-state index in [-0.39, 0.29) is 0 Å². The molecule has 2 unspecified atom stereocenters. The molecule has 1 N–H and O–H groups in total. The Labute approximate surface area is 116 Å². The van der Waals surface area contributed by atoms with Crippen molar-refractivity contribution in [2.45, 2.75) is 57.0 Å². The molecule has 1 saturated heterocycles. The molecule has 0 radical (unpaired) electrons. The van der Waals surface area contributed by atoms with E-state index in [1.54, 1.807) is 0 Å². The van der Waals surface area contributed by atoms with E-state index >= 15 is 0 Å². The van der Waals surface area contributed by atoms with Crippen LogP contribution >= 0.6 is 0 Å². The molecule has 0 aromatic heterocycles. The maximum absolute atomic E-state index is 5.63. The quantitative estimate of drug-likeness (QED) is 0.872. The minimum absolute atomic E-state index is 0.365. The Kier molecular flexibility index (Phi) is 4.19. The van der Waals surface area contributed by atoms with Crippen LogP contribution in [0, 0.1) is 0 Å². The number of ether oxygens (including phenoxy) is 1. The first-order chi connectivity index (χ1) is 9.33. The molecule has 1 heterocycles. The standard InChI is InChI=1S/C17H25NO/c1-13-11-19-12-17(18-13)16-9-7-15(8-10-16)14-5-3-2-4-6-14/h7-10,13-14,17-18H,2-6,11-12H2,1H3. The zero-order valence-electron chi connectivity index (χ0n) is 11.9. The van der Waals surface area contributed by atoms with Gasteiger partial charge in [0.15, 0.2) is 0 Å². The van der Waals surface area contributed by atoms with Crippen molar-refractivity contribution in [3.05, 3.63) is 35.4 Å². The van der Waals surface area contributed by atoms with Crippen LogP contribution < -0.4 is 5.32 Å². The van der Waals surface area contributed by atoms with E-state index in [2.05, 4.69) is 36.5 Å². The molecule has 3 rings (SSSR count). The van der Waals surface area contributed by atoms with Gasteiger partial charge in [-0.25, -0.2) is 0 Å². The maximum Gasteiger partial charge on any atom is 0.0662 e. The largest absolute Gasteiger partial charge is 0.378 e. The lowest BCUT2D eigenvalue weighted by Gasteiger charge is -2.29. The molecular weight excluding hydrogens is 234 g/mol. The molecule has 2 nitrogen and oxygen atoms in total. The smallest absolute Gasteiger partial charge is 0.0662 e. The fraction of sp³-hybridized carbons (Fsp3) is 0.647. The second kappa shape index (κ2) is 6.06. The summed E-state index contributed by atoms with van der Waals surface area (Å²) in [5.41, 5.74) is 2.90. The first kappa shape index (κ1) is 13.1. The van der Waals surface area contributed by atoms with Crippen molar-refractivity contribution in [2.75, 3.05) is 13.2 Å². The van der Waals surface area contributed by atoms with Crippen LogP contribution in [0.4, 0.5) is 0 Å². The normalized spacial score (nSPS) is 29.3. The second-order valence-electron chi connectivity index (χ2n) is 6.16. The monoisotopic (exact) mass is 259 g/mol. The number of morpholine rings is 1. The first-order valence-electron chi connectivity index (χ1n) is 7.76. The molecule has 0 bridgehead atoms. The zero-order valence-corrected chi connectivity index (χ0v) is 11.9. The summed E-state index contributed by atoms with van der Waals surface area (Å²) in [6.45, 7) is 3.81. The highest BCUT2D eigenvalue weighted by molar-refractivity contribution is 5.28. The lowest BCUT2D eigenvalue weighted by Crippen LogP contribution is -2.41. The molecule has 0 spiro atoms. The van der Waals surface area contributed by atoms with Gasteiger partial charge in [-0.15, -0.1) is 0 Å². The van der Waals surface area contributed by atoms with Gasteiger partial charge in [-0.05, 0) is 36.8 Å². The molecular formula is C17H25NO. The molecule has 1 aliphatic carbocycles. The average Bonchev–Trinajstić information content (AvgIpc) is 2.48. The Morgan fingerprint density at radius 2 is 1.63 bits per heavy atom. The summed E-state index contributed by atoms with van der Waals surface area (Å²) in [4.78, 5) is 0. The molecule has 1 aromatic carbocycles. The minimum Gasteiger partial charge on any atom is -0.378 e. The molecule has 2 heteroatoms. The summed E-state index contributed by atoms with van der Waals surface area (Å²) in [7, 11) is 0. The lowest BCUT2D eigenvalue weighted by molar-refractivity contribution is 0.0504. The molecule has 19 heavy (non-hydrogen) atoms. The molecule has 2 atom stereocenters. The van der Waals surface area contributed by atoms with Crippen LogP contribution in [0.1, 0.15) is 62.1 Å². The zero-order chi connectivity index (χ0) is 13.1. The number of rotatable bonds is 2. The van der Waals surface area contributed by atoms with Crippen molar-refractivity contribution < 1.29 is 4.74 Å². The second-order valence-corrected chi connectivity index (χ2v) is 6.16. The lowest BCUT2D eigenvalue weighted by atomic mass is 9.83. The summed E-state index contributed by atoms with van der Waals surface area (Å²) in [6, 6.07) is 10.1. The highest BCUT2D eigenvalue weighted by atomic mass is 16.5. The van der Waals surface area contributed by atoms with Crippen molar-refractivity contribution >= 4 is 0 Å². The Morgan fingerprint density at radius 3 is 2.32 bits per heavy atom. The van der Waals surface area contributed by atoms with Crippen molar-refractivity contribution in [2.24, 2.45) is 0 Å². The van der Waals surface area contributed by atoms with Crippen LogP contribution in [-0.2, 0) is 4.74 Å². The van der Waals surface area contributed by atoms with E-state index in [0.717, 1.165) is 19.1 Å². The van der Waals surface area contributed by atoms with E-state index in [1.165, 1.54) is 43.2 Å². The predicted molar refractivity (Wildman–Crippen MR) is 78.4 cm³/mol. The third-order valence-electron chi connectivity index (χ3n) is 4.55. The van der Waals surface area contributed by atoms with Gasteiger partial charge in [0.1, 0.15) is 0 Å². The Balaban J connectivity index is 1.67. The van der Waals surface area contributed by atoms with E-state index in [9.17, 15) is 0 Å². The van der Waals surface area contributed by atoms with Gasteiger partial charge in [-0.1, -0.05) is 43.5 Å². The Morgan fingerprint density at radius 1 is 0.947 bits per heavy atom. The van der Waals surface area contributed by atoms with E-state index in [1.807, 2.05) is 0 Å². The molecule has 104 valence electrons. The first-order valence-corrected chi connectivity index (χ1v) is 7.76. The maximum atomic E-state index is 5.63. The van der Waals surface area contributed by atoms with Crippen LogP contribution in [0.5, 0.6) is 0 Å². The highest BCUT2D eigenvalue weighted by Gasteiger charge is 2.20. The van der Waals surface area contributed by atoms with Gasteiger partial charge in [0, 0.05) is 6.04 Å². The third kappa shape index (κ3) is 3.18. The molecule has 0 amide bonds. The third-order valence-corrected chi connectivity index (χ3v) is 4.55. The van der Waals surface area contributed by atoms with Gasteiger partial charge in [0.25, 0.3) is 0 Å². The fourth-order valence-corrected chi connectivity index (χ4v) is 3.43. The highest BCUT2D eigenvalue weighted by Crippen LogP contribution is 2.33. The van der Waals surface area contributed by atoms with Gasteiger partial charge in [0.2, 0.25) is 0 Å². The number of hydrogen-bond donors (Lipinski definition) is 1. The Hall–Kier alpha value is -0.860. The van der Waals surface area contributed by atoms with E-state index in [4.69, 9.17) is 4.74 Å². The van der Waals surface area contributed by atoms with Gasteiger partial charge >= 0.3 is 0 Å². The average molecular weight is 259 g/mol. The molecule has 1 aliphatic heterocycles. The van der Waals surface area contributed by atoms with Crippen LogP contribution in [0.2, 0.25) is 0 Å². The van der Waals surface area contributed by atoms with Crippen LogP contribution in [0.25, 0.3) is 0 Å². The summed E-state index contributed by atoms with van der Waals surface area (Å²) >= 11 is 0. The van der Waals surface area contributed by atoms with Gasteiger partial charge in [-0.2, -0.15) is 0 Å². The summed E-state index contributed by atoms with van der Waals surface area (Å²) in [5.74, 6) is 0.803. The fourth-order valence-electron chi connectivity index (χ4n) is 3.43.